The van der Waals surface area contributed by atoms with Crippen molar-refractivity contribution in [3.05, 3.63) is 53.6 Å². The van der Waals surface area contributed by atoms with Crippen LogP contribution in [0, 0.1) is 5.92 Å². The second-order valence-electron chi connectivity index (χ2n) is 6.95. The molecular formula is C21H27N3O. The van der Waals surface area contributed by atoms with E-state index < -0.39 is 0 Å². The molecule has 25 heavy (non-hydrogen) atoms. The summed E-state index contributed by atoms with van der Waals surface area (Å²) < 4.78 is 0. The van der Waals surface area contributed by atoms with Gasteiger partial charge in [-0.05, 0) is 61.1 Å². The molecule has 1 amide bonds. The molecule has 1 heterocycles. The number of benzene rings is 2. The first-order valence-electron chi connectivity index (χ1n) is 9.11. The number of piperidine rings is 1. The summed E-state index contributed by atoms with van der Waals surface area (Å²) in [5, 5.41) is 3.05. The first-order chi connectivity index (χ1) is 12.1. The Balaban J connectivity index is 1.80. The van der Waals surface area contributed by atoms with Crippen LogP contribution in [0.25, 0.3) is 0 Å². The summed E-state index contributed by atoms with van der Waals surface area (Å²) in [6, 6.07) is 13.5. The van der Waals surface area contributed by atoms with Gasteiger partial charge in [0.15, 0.2) is 0 Å². The van der Waals surface area contributed by atoms with Crippen LogP contribution in [0.3, 0.4) is 0 Å². The van der Waals surface area contributed by atoms with Gasteiger partial charge in [0.1, 0.15) is 0 Å². The van der Waals surface area contributed by atoms with Gasteiger partial charge in [0.05, 0.1) is 11.4 Å². The Kier molecular flexibility index (Phi) is 5.27. The summed E-state index contributed by atoms with van der Waals surface area (Å²) in [7, 11) is 0. The summed E-state index contributed by atoms with van der Waals surface area (Å²) in [5.41, 5.74) is 10.4. The molecule has 0 unspecified atom stereocenters. The minimum Gasteiger partial charge on any atom is -0.399 e. The van der Waals surface area contributed by atoms with E-state index in [0.717, 1.165) is 36.8 Å². The maximum atomic E-state index is 12.6. The number of rotatable bonds is 4. The zero-order valence-electron chi connectivity index (χ0n) is 15.1. The predicted octanol–water partition coefficient (Wildman–Crippen LogP) is 4.32. The van der Waals surface area contributed by atoms with Crippen molar-refractivity contribution in [2.45, 2.75) is 33.1 Å². The maximum absolute atomic E-state index is 12.6. The van der Waals surface area contributed by atoms with Crippen molar-refractivity contribution in [2.24, 2.45) is 5.92 Å². The highest BCUT2D eigenvalue weighted by molar-refractivity contribution is 6.06. The van der Waals surface area contributed by atoms with Crippen molar-refractivity contribution < 1.29 is 4.79 Å². The van der Waals surface area contributed by atoms with Gasteiger partial charge in [-0.25, -0.2) is 0 Å². The third-order valence-corrected chi connectivity index (χ3v) is 5.02. The van der Waals surface area contributed by atoms with Gasteiger partial charge in [-0.3, -0.25) is 4.79 Å². The van der Waals surface area contributed by atoms with Gasteiger partial charge in [-0.15, -0.1) is 0 Å². The van der Waals surface area contributed by atoms with E-state index in [1.54, 1.807) is 0 Å². The molecule has 0 aromatic heterocycles. The maximum Gasteiger partial charge on any atom is 0.255 e. The van der Waals surface area contributed by atoms with Crippen LogP contribution in [0.4, 0.5) is 17.1 Å². The first kappa shape index (κ1) is 17.3. The number of aryl methyl sites for hydroxylation is 1. The number of anilines is 3. The molecule has 1 aliphatic heterocycles. The van der Waals surface area contributed by atoms with Crippen LogP contribution in [0.5, 0.6) is 0 Å². The summed E-state index contributed by atoms with van der Waals surface area (Å²) >= 11 is 0. The lowest BCUT2D eigenvalue weighted by Crippen LogP contribution is -2.33. The van der Waals surface area contributed by atoms with Crippen LogP contribution in [0.1, 0.15) is 42.6 Å². The molecule has 1 saturated heterocycles. The number of hydrogen-bond acceptors (Lipinski definition) is 3. The number of nitrogens with one attached hydrogen (secondary N) is 1. The number of amides is 1. The fourth-order valence-corrected chi connectivity index (χ4v) is 3.27. The third-order valence-electron chi connectivity index (χ3n) is 5.02. The Bertz CT molecular complexity index is 731. The van der Waals surface area contributed by atoms with E-state index in [9.17, 15) is 4.79 Å². The number of nitrogens with two attached hydrogens (primary N) is 1. The molecule has 3 N–H and O–H groups in total. The van der Waals surface area contributed by atoms with Crippen molar-refractivity contribution >= 4 is 23.0 Å². The average Bonchev–Trinajstić information content (AvgIpc) is 2.63. The second kappa shape index (κ2) is 7.60. The van der Waals surface area contributed by atoms with Gasteiger partial charge in [-0.1, -0.05) is 26.0 Å². The van der Waals surface area contributed by atoms with Crippen molar-refractivity contribution in [1.82, 2.24) is 0 Å². The van der Waals surface area contributed by atoms with Crippen molar-refractivity contribution in [3.8, 4) is 0 Å². The first-order valence-corrected chi connectivity index (χ1v) is 9.11. The van der Waals surface area contributed by atoms with E-state index in [0.29, 0.717) is 11.3 Å². The normalized spacial score (nSPS) is 15.2. The number of carbonyl (C=O) groups excluding carboxylic acids is 1. The van der Waals surface area contributed by atoms with Gasteiger partial charge < -0.3 is 16.0 Å². The van der Waals surface area contributed by atoms with Gasteiger partial charge in [0.2, 0.25) is 0 Å². The molecule has 0 saturated carbocycles. The standard InChI is InChI=1S/C21H27N3O/c1-3-16-4-6-17(7-5-16)21(25)23-19-14-18(22)8-9-20(19)24-12-10-15(2)11-13-24/h4-9,14-15H,3,10-13,22H2,1-2H3,(H,23,25). The Morgan fingerprint density at radius 3 is 2.48 bits per heavy atom. The van der Waals surface area contributed by atoms with Crippen LogP contribution in [0.15, 0.2) is 42.5 Å². The lowest BCUT2D eigenvalue weighted by molar-refractivity contribution is 0.102. The quantitative estimate of drug-likeness (QED) is 0.817. The van der Waals surface area contributed by atoms with Crippen molar-refractivity contribution in [3.63, 3.8) is 0 Å². The summed E-state index contributed by atoms with van der Waals surface area (Å²) in [6.07, 6.45) is 3.32. The van der Waals surface area contributed by atoms with Crippen molar-refractivity contribution in [2.75, 3.05) is 29.0 Å². The second-order valence-corrected chi connectivity index (χ2v) is 6.95. The SMILES string of the molecule is CCc1ccc(C(=O)Nc2cc(N)ccc2N2CCC(C)CC2)cc1. The molecule has 2 aromatic rings. The van der Waals surface area contributed by atoms with E-state index >= 15 is 0 Å². The molecular weight excluding hydrogens is 310 g/mol. The van der Waals surface area contributed by atoms with E-state index in [1.165, 1.54) is 18.4 Å². The highest BCUT2D eigenvalue weighted by atomic mass is 16.1. The molecule has 1 aliphatic rings. The third kappa shape index (κ3) is 4.13. The number of carbonyl (C=O) groups is 1. The molecule has 4 nitrogen and oxygen atoms in total. The van der Waals surface area contributed by atoms with Crippen LogP contribution < -0.4 is 16.0 Å². The fourth-order valence-electron chi connectivity index (χ4n) is 3.27. The van der Waals surface area contributed by atoms with Crippen LogP contribution in [-0.4, -0.2) is 19.0 Å². The van der Waals surface area contributed by atoms with Gasteiger partial charge >= 0.3 is 0 Å². The molecule has 0 bridgehead atoms. The monoisotopic (exact) mass is 337 g/mol. The average molecular weight is 337 g/mol. The van der Waals surface area contributed by atoms with Crippen molar-refractivity contribution in [1.29, 1.82) is 0 Å². The van der Waals surface area contributed by atoms with Gasteiger partial charge in [0.25, 0.3) is 5.91 Å². The van der Waals surface area contributed by atoms with E-state index in [1.807, 2.05) is 42.5 Å². The Morgan fingerprint density at radius 2 is 1.84 bits per heavy atom. The van der Waals surface area contributed by atoms with Crippen LogP contribution >= 0.6 is 0 Å². The lowest BCUT2D eigenvalue weighted by atomic mass is 9.98. The predicted molar refractivity (Wildman–Crippen MR) is 105 cm³/mol. The topological polar surface area (TPSA) is 58.4 Å². The molecule has 2 aromatic carbocycles. The van der Waals surface area contributed by atoms with E-state index in [2.05, 4.69) is 24.1 Å². The zero-order chi connectivity index (χ0) is 17.8. The molecule has 3 rings (SSSR count). The number of nitrogen functional groups attached to an aromatic ring is 1. The Labute approximate surface area is 150 Å². The summed E-state index contributed by atoms with van der Waals surface area (Å²) in [4.78, 5) is 15.0. The molecule has 0 spiro atoms. The van der Waals surface area contributed by atoms with Crippen LogP contribution in [0.2, 0.25) is 0 Å². The highest BCUT2D eigenvalue weighted by Crippen LogP contribution is 2.32. The van der Waals surface area contributed by atoms with Crippen LogP contribution in [-0.2, 0) is 6.42 Å². The minimum absolute atomic E-state index is 0.0973. The lowest BCUT2D eigenvalue weighted by Gasteiger charge is -2.33. The van der Waals surface area contributed by atoms with E-state index in [-0.39, 0.29) is 5.91 Å². The largest absolute Gasteiger partial charge is 0.399 e. The zero-order valence-corrected chi connectivity index (χ0v) is 15.1. The van der Waals surface area contributed by atoms with Gasteiger partial charge in [0, 0.05) is 24.3 Å². The Morgan fingerprint density at radius 1 is 1.16 bits per heavy atom. The molecule has 0 radical (unpaired) electrons. The molecule has 0 atom stereocenters. The summed E-state index contributed by atoms with van der Waals surface area (Å²) in [5.74, 6) is 0.667. The number of hydrogen-bond donors (Lipinski definition) is 2. The minimum atomic E-state index is -0.0973. The Hall–Kier alpha value is -2.49. The number of nitrogens with zero attached hydrogens (tertiary/aromatic N) is 1. The molecule has 4 heteroatoms. The smallest absolute Gasteiger partial charge is 0.255 e. The molecule has 0 aliphatic carbocycles. The summed E-state index contributed by atoms with van der Waals surface area (Å²) in [6.45, 7) is 6.43. The molecule has 1 fully saturated rings. The van der Waals surface area contributed by atoms with Gasteiger partial charge in [-0.2, -0.15) is 0 Å². The highest BCUT2D eigenvalue weighted by Gasteiger charge is 2.19. The molecule has 132 valence electrons. The fraction of sp³-hybridized carbons (Fsp3) is 0.381. The van der Waals surface area contributed by atoms with E-state index in [4.69, 9.17) is 5.73 Å².